The second kappa shape index (κ2) is 6.41. The highest BCUT2D eigenvalue weighted by atomic mass is 32.2. The summed E-state index contributed by atoms with van der Waals surface area (Å²) in [4.78, 5) is 22.6. The summed E-state index contributed by atoms with van der Waals surface area (Å²) in [5.41, 5.74) is -1.34. The number of carbonyl (C=O) groups excluding carboxylic acids is 1. The van der Waals surface area contributed by atoms with Gasteiger partial charge >= 0.3 is 5.97 Å². The van der Waals surface area contributed by atoms with Gasteiger partial charge < -0.3 is 10.4 Å². The van der Waals surface area contributed by atoms with Crippen LogP contribution in [0.25, 0.3) is 0 Å². The van der Waals surface area contributed by atoms with E-state index in [9.17, 15) is 22.4 Å². The molecule has 0 fully saturated rings. The molecule has 1 amide bonds. The highest BCUT2D eigenvalue weighted by Gasteiger charge is 2.30. The number of nitrogens with one attached hydrogen (secondary N) is 2. The monoisotopic (exact) mass is 332 g/mol. The highest BCUT2D eigenvalue weighted by Crippen LogP contribution is 2.17. The Hall–Kier alpha value is -2.00. The normalized spacial score (nSPS) is 12.0. The second-order valence-electron chi connectivity index (χ2n) is 5.33. The molecule has 22 heavy (non-hydrogen) atoms. The Morgan fingerprint density at radius 3 is 2.36 bits per heavy atom. The van der Waals surface area contributed by atoms with Crippen LogP contribution in [0, 0.1) is 5.82 Å². The molecule has 1 aromatic rings. The van der Waals surface area contributed by atoms with Crippen LogP contribution >= 0.6 is 0 Å². The van der Waals surface area contributed by atoms with Gasteiger partial charge in [0.1, 0.15) is 11.4 Å². The minimum Gasteiger partial charge on any atom is -0.481 e. The molecule has 0 bridgehead atoms. The van der Waals surface area contributed by atoms with Gasteiger partial charge in [-0.2, -0.15) is 0 Å². The number of sulfonamides is 1. The van der Waals surface area contributed by atoms with Crippen molar-refractivity contribution in [3.05, 3.63) is 29.6 Å². The molecule has 0 spiro atoms. The molecule has 0 atom stereocenters. The van der Waals surface area contributed by atoms with E-state index >= 15 is 0 Å². The Kier molecular flexibility index (Phi) is 5.26. The molecule has 0 saturated heterocycles. The zero-order chi connectivity index (χ0) is 17.1. The van der Waals surface area contributed by atoms with Gasteiger partial charge in [0.15, 0.2) is 0 Å². The largest absolute Gasteiger partial charge is 0.481 e. The first kappa shape index (κ1) is 18.1. The van der Waals surface area contributed by atoms with Crippen molar-refractivity contribution in [1.29, 1.82) is 0 Å². The van der Waals surface area contributed by atoms with Gasteiger partial charge in [-0.05, 0) is 31.5 Å². The van der Waals surface area contributed by atoms with Crippen LogP contribution in [0.3, 0.4) is 0 Å². The number of halogens is 1. The third kappa shape index (κ3) is 5.41. The van der Waals surface area contributed by atoms with Crippen molar-refractivity contribution < 1.29 is 27.5 Å². The van der Waals surface area contributed by atoms with Gasteiger partial charge in [-0.25, -0.2) is 17.5 Å². The first-order chi connectivity index (χ1) is 9.90. The van der Waals surface area contributed by atoms with Crippen LogP contribution < -0.4 is 10.0 Å². The predicted molar refractivity (Wildman–Crippen MR) is 78.4 cm³/mol. The van der Waals surface area contributed by atoms with E-state index in [2.05, 4.69) is 10.0 Å². The third-order valence-electron chi connectivity index (χ3n) is 2.66. The predicted octanol–water partition coefficient (Wildman–Crippen LogP) is 0.719. The van der Waals surface area contributed by atoms with E-state index in [1.165, 1.54) is 26.0 Å². The average Bonchev–Trinajstić information content (AvgIpc) is 2.29. The molecule has 0 aliphatic carbocycles. The third-order valence-corrected chi connectivity index (χ3v) is 3.54. The fourth-order valence-corrected chi connectivity index (χ4v) is 2.75. The van der Waals surface area contributed by atoms with Crippen LogP contribution in [0.5, 0.6) is 0 Å². The number of hydrogen-bond acceptors (Lipinski definition) is 4. The molecule has 7 nitrogen and oxygen atoms in total. The highest BCUT2D eigenvalue weighted by molar-refractivity contribution is 7.88. The van der Waals surface area contributed by atoms with Crippen molar-refractivity contribution in [3.63, 3.8) is 0 Å². The first-order valence-corrected chi connectivity index (χ1v) is 8.10. The molecule has 3 N–H and O–H groups in total. The number of carboxylic acids is 1. The topological polar surface area (TPSA) is 113 Å². The van der Waals surface area contributed by atoms with Gasteiger partial charge in [0.25, 0.3) is 0 Å². The van der Waals surface area contributed by atoms with Crippen LogP contribution in [0.1, 0.15) is 19.4 Å². The SMILES string of the molecule is CC(C)(NS(C)(=O)=O)C(=O)Nc1ccc(CC(=O)O)c(F)c1. The van der Waals surface area contributed by atoms with Crippen LogP contribution in [-0.2, 0) is 26.0 Å². The lowest BCUT2D eigenvalue weighted by Crippen LogP contribution is -2.51. The maximum absolute atomic E-state index is 13.7. The summed E-state index contributed by atoms with van der Waals surface area (Å²) in [6.07, 6.45) is 0.448. The molecule has 0 unspecified atom stereocenters. The Labute approximate surface area is 127 Å². The smallest absolute Gasteiger partial charge is 0.307 e. The molecule has 0 aliphatic heterocycles. The molecular weight excluding hydrogens is 315 g/mol. The van der Waals surface area contributed by atoms with E-state index in [-0.39, 0.29) is 11.3 Å². The van der Waals surface area contributed by atoms with Crippen molar-refractivity contribution in [2.24, 2.45) is 0 Å². The number of hydrogen-bond donors (Lipinski definition) is 3. The lowest BCUT2D eigenvalue weighted by Gasteiger charge is -2.23. The van der Waals surface area contributed by atoms with E-state index in [1.54, 1.807) is 0 Å². The van der Waals surface area contributed by atoms with Gasteiger partial charge in [0.05, 0.1) is 12.7 Å². The summed E-state index contributed by atoms with van der Waals surface area (Å²) in [6.45, 7) is 2.72. The summed E-state index contributed by atoms with van der Waals surface area (Å²) in [6, 6.07) is 3.57. The molecule has 1 aromatic carbocycles. The van der Waals surface area contributed by atoms with E-state index < -0.39 is 39.7 Å². The average molecular weight is 332 g/mol. The van der Waals surface area contributed by atoms with Gasteiger partial charge in [-0.15, -0.1) is 0 Å². The number of benzene rings is 1. The van der Waals surface area contributed by atoms with Gasteiger partial charge in [-0.3, -0.25) is 9.59 Å². The molecule has 0 aromatic heterocycles. The standard InChI is InChI=1S/C13H17FN2O5S/c1-13(2,16-22(3,20)21)12(19)15-9-5-4-8(6-11(17)18)10(14)7-9/h4-5,7,16H,6H2,1-3H3,(H,15,19)(H,17,18). The number of carbonyl (C=O) groups is 2. The second-order valence-corrected chi connectivity index (χ2v) is 7.08. The molecule has 0 saturated carbocycles. The van der Waals surface area contributed by atoms with E-state index in [0.29, 0.717) is 0 Å². The van der Waals surface area contributed by atoms with Crippen LogP contribution in [0.2, 0.25) is 0 Å². The van der Waals surface area contributed by atoms with Crippen molar-refractivity contribution in [2.75, 3.05) is 11.6 Å². The number of amides is 1. The van der Waals surface area contributed by atoms with E-state index in [4.69, 9.17) is 5.11 Å². The Morgan fingerprint density at radius 2 is 1.91 bits per heavy atom. The summed E-state index contributed by atoms with van der Waals surface area (Å²) < 4.78 is 38.3. The maximum Gasteiger partial charge on any atom is 0.307 e. The van der Waals surface area contributed by atoms with Crippen LogP contribution in [0.15, 0.2) is 18.2 Å². The molecule has 9 heteroatoms. The van der Waals surface area contributed by atoms with Gasteiger partial charge in [0.2, 0.25) is 15.9 Å². The van der Waals surface area contributed by atoms with Crippen molar-refractivity contribution in [2.45, 2.75) is 25.8 Å². The van der Waals surface area contributed by atoms with Crippen LogP contribution in [-0.4, -0.2) is 37.2 Å². The lowest BCUT2D eigenvalue weighted by atomic mass is 10.1. The molecule has 0 radical (unpaired) electrons. The first-order valence-electron chi connectivity index (χ1n) is 6.21. The molecule has 1 rings (SSSR count). The minimum absolute atomic E-state index is 0.0148. The molecule has 0 heterocycles. The number of aliphatic carboxylic acids is 1. The Morgan fingerprint density at radius 1 is 1.32 bits per heavy atom. The zero-order valence-corrected chi connectivity index (χ0v) is 13.1. The Bertz CT molecular complexity index is 700. The Balaban J connectivity index is 2.89. The van der Waals surface area contributed by atoms with Crippen molar-refractivity contribution in [1.82, 2.24) is 4.72 Å². The molecule has 122 valence electrons. The van der Waals surface area contributed by atoms with Crippen molar-refractivity contribution >= 4 is 27.6 Å². The summed E-state index contributed by atoms with van der Waals surface area (Å²) >= 11 is 0. The lowest BCUT2D eigenvalue weighted by molar-refractivity contribution is -0.136. The quantitative estimate of drug-likeness (QED) is 0.710. The van der Waals surface area contributed by atoms with Crippen molar-refractivity contribution in [3.8, 4) is 0 Å². The minimum atomic E-state index is -3.60. The van der Waals surface area contributed by atoms with Crippen LogP contribution in [0.4, 0.5) is 10.1 Å². The van der Waals surface area contributed by atoms with E-state index in [1.807, 2.05) is 0 Å². The fourth-order valence-electron chi connectivity index (χ4n) is 1.73. The summed E-state index contributed by atoms with van der Waals surface area (Å²) in [5, 5.41) is 11.0. The van der Waals surface area contributed by atoms with E-state index in [0.717, 1.165) is 12.3 Å². The molecular formula is C13H17FN2O5S. The zero-order valence-electron chi connectivity index (χ0n) is 12.3. The summed E-state index contributed by atoms with van der Waals surface area (Å²) in [5.74, 6) is -2.62. The number of anilines is 1. The van der Waals surface area contributed by atoms with Gasteiger partial charge in [0, 0.05) is 5.69 Å². The summed E-state index contributed by atoms with van der Waals surface area (Å²) in [7, 11) is -3.60. The molecule has 0 aliphatic rings. The van der Waals surface area contributed by atoms with Gasteiger partial charge in [-0.1, -0.05) is 6.07 Å². The fraction of sp³-hybridized carbons (Fsp3) is 0.385. The maximum atomic E-state index is 13.7. The number of rotatable bonds is 6. The number of carboxylic acid groups (broad SMARTS) is 1.